The molecule has 1 atom stereocenters. The van der Waals surface area contributed by atoms with Crippen LogP contribution in [-0.4, -0.2) is 49.4 Å². The zero-order chi connectivity index (χ0) is 12.7. The molecule has 98 valence electrons. The molecule has 2 N–H and O–H groups in total. The second kappa shape index (κ2) is 7.27. The van der Waals surface area contributed by atoms with Gasteiger partial charge >= 0.3 is 0 Å². The Morgan fingerprint density at radius 1 is 1.35 bits per heavy atom. The van der Waals surface area contributed by atoms with Crippen LogP contribution < -0.4 is 10.6 Å². The number of carbonyl (C=O) groups excluding carboxylic acids is 2. The Balaban J connectivity index is 2.29. The highest BCUT2D eigenvalue weighted by atomic mass is 16.2. The summed E-state index contributed by atoms with van der Waals surface area (Å²) in [5, 5.41) is 5.92. The van der Waals surface area contributed by atoms with E-state index < -0.39 is 0 Å². The monoisotopic (exact) mass is 241 g/mol. The molecule has 5 nitrogen and oxygen atoms in total. The van der Waals surface area contributed by atoms with E-state index in [4.69, 9.17) is 0 Å². The van der Waals surface area contributed by atoms with E-state index in [9.17, 15) is 9.59 Å². The van der Waals surface area contributed by atoms with E-state index in [0.29, 0.717) is 13.1 Å². The lowest BCUT2D eigenvalue weighted by atomic mass is 9.99. The van der Waals surface area contributed by atoms with E-state index in [2.05, 4.69) is 10.6 Å². The minimum absolute atomic E-state index is 0.00212. The smallest absolute Gasteiger partial charge is 0.241 e. The van der Waals surface area contributed by atoms with Gasteiger partial charge in [-0.15, -0.1) is 0 Å². The Hall–Kier alpha value is -1.10. The molecular formula is C12H23N3O2. The van der Waals surface area contributed by atoms with Crippen molar-refractivity contribution in [2.75, 3.05) is 32.7 Å². The van der Waals surface area contributed by atoms with Gasteiger partial charge in [0.1, 0.15) is 0 Å². The average molecular weight is 241 g/mol. The highest BCUT2D eigenvalue weighted by Crippen LogP contribution is 2.09. The van der Waals surface area contributed by atoms with Crippen molar-refractivity contribution in [2.45, 2.75) is 26.7 Å². The molecule has 1 aliphatic rings. The Morgan fingerprint density at radius 3 is 2.59 bits per heavy atom. The third kappa shape index (κ3) is 4.34. The van der Waals surface area contributed by atoms with E-state index in [1.54, 1.807) is 4.90 Å². The average Bonchev–Trinajstić information content (AvgIpc) is 2.38. The molecule has 1 heterocycles. The molecule has 0 bridgehead atoms. The van der Waals surface area contributed by atoms with Gasteiger partial charge in [-0.2, -0.15) is 0 Å². The number of hydrogen-bond donors (Lipinski definition) is 2. The largest absolute Gasteiger partial charge is 0.347 e. The van der Waals surface area contributed by atoms with Crippen molar-refractivity contribution in [1.29, 1.82) is 0 Å². The second-order valence-corrected chi connectivity index (χ2v) is 4.33. The van der Waals surface area contributed by atoms with E-state index in [1.165, 1.54) is 0 Å². The van der Waals surface area contributed by atoms with Crippen molar-refractivity contribution in [3.8, 4) is 0 Å². The molecule has 0 radical (unpaired) electrons. The molecule has 1 saturated heterocycles. The number of hydrogen-bond acceptors (Lipinski definition) is 3. The van der Waals surface area contributed by atoms with Crippen LogP contribution in [0.4, 0.5) is 0 Å². The first-order chi connectivity index (χ1) is 8.19. The summed E-state index contributed by atoms with van der Waals surface area (Å²) in [4.78, 5) is 25.2. The van der Waals surface area contributed by atoms with Crippen LogP contribution in [0.3, 0.4) is 0 Å². The first kappa shape index (κ1) is 14.0. The van der Waals surface area contributed by atoms with Crippen LogP contribution in [0.1, 0.15) is 26.7 Å². The van der Waals surface area contributed by atoms with Crippen molar-refractivity contribution in [3.63, 3.8) is 0 Å². The van der Waals surface area contributed by atoms with Gasteiger partial charge < -0.3 is 15.5 Å². The number of amides is 2. The molecule has 1 fully saturated rings. The van der Waals surface area contributed by atoms with Gasteiger partial charge in [-0.1, -0.05) is 0 Å². The molecule has 2 amide bonds. The predicted molar refractivity (Wildman–Crippen MR) is 66.5 cm³/mol. The fourth-order valence-corrected chi connectivity index (χ4v) is 2.07. The van der Waals surface area contributed by atoms with Crippen LogP contribution in [0.15, 0.2) is 0 Å². The van der Waals surface area contributed by atoms with Gasteiger partial charge in [0.2, 0.25) is 11.8 Å². The van der Waals surface area contributed by atoms with Crippen LogP contribution in [0.5, 0.6) is 0 Å². The Morgan fingerprint density at radius 2 is 2.06 bits per heavy atom. The first-order valence-corrected chi connectivity index (χ1v) is 6.45. The Bertz CT molecular complexity index is 258. The van der Waals surface area contributed by atoms with Gasteiger partial charge in [-0.05, 0) is 33.2 Å². The minimum Gasteiger partial charge on any atom is -0.347 e. The van der Waals surface area contributed by atoms with Crippen molar-refractivity contribution in [1.82, 2.24) is 15.5 Å². The number of carbonyl (C=O) groups is 2. The maximum atomic E-state index is 11.8. The summed E-state index contributed by atoms with van der Waals surface area (Å²) in [6, 6.07) is 0. The second-order valence-electron chi connectivity index (χ2n) is 4.33. The summed E-state index contributed by atoms with van der Waals surface area (Å²) in [6.45, 7) is 7.10. The lowest BCUT2D eigenvalue weighted by molar-refractivity contribution is -0.133. The molecule has 0 aromatic rings. The number of rotatable bonds is 5. The van der Waals surface area contributed by atoms with Gasteiger partial charge in [-0.3, -0.25) is 9.59 Å². The van der Waals surface area contributed by atoms with E-state index >= 15 is 0 Å². The van der Waals surface area contributed by atoms with Gasteiger partial charge in [0.15, 0.2) is 0 Å². The highest BCUT2D eigenvalue weighted by Gasteiger charge is 2.21. The third-order valence-electron chi connectivity index (χ3n) is 3.20. The van der Waals surface area contributed by atoms with Crippen LogP contribution in [0.25, 0.3) is 0 Å². The standard InChI is InChI=1S/C12H23N3O2/c1-3-15(4-2)11(16)9-14-12(17)10-6-5-7-13-8-10/h10,13H,3-9H2,1-2H3,(H,14,17)/t10-/m1/s1. The topological polar surface area (TPSA) is 61.4 Å². The van der Waals surface area contributed by atoms with Gasteiger partial charge in [0.25, 0.3) is 0 Å². The molecule has 1 rings (SSSR count). The zero-order valence-corrected chi connectivity index (χ0v) is 10.8. The number of likely N-dealkylation sites (N-methyl/N-ethyl adjacent to an activating group) is 1. The fourth-order valence-electron chi connectivity index (χ4n) is 2.07. The van der Waals surface area contributed by atoms with E-state index in [1.807, 2.05) is 13.8 Å². The summed E-state index contributed by atoms with van der Waals surface area (Å²) in [7, 11) is 0. The SMILES string of the molecule is CCN(CC)C(=O)CNC(=O)[C@@H]1CCCNC1. The molecule has 0 aromatic heterocycles. The van der Waals surface area contributed by atoms with Crippen LogP contribution in [-0.2, 0) is 9.59 Å². The van der Waals surface area contributed by atoms with Gasteiger partial charge in [0, 0.05) is 19.6 Å². The quantitative estimate of drug-likeness (QED) is 0.710. The normalized spacial score (nSPS) is 19.8. The van der Waals surface area contributed by atoms with Gasteiger partial charge in [-0.25, -0.2) is 0 Å². The zero-order valence-electron chi connectivity index (χ0n) is 10.8. The molecule has 1 aliphatic heterocycles. The number of nitrogens with zero attached hydrogens (tertiary/aromatic N) is 1. The van der Waals surface area contributed by atoms with Crippen molar-refractivity contribution in [2.24, 2.45) is 5.92 Å². The molecule has 0 aliphatic carbocycles. The molecule has 0 saturated carbocycles. The summed E-state index contributed by atoms with van der Waals surface area (Å²) in [5.41, 5.74) is 0. The maximum Gasteiger partial charge on any atom is 0.241 e. The van der Waals surface area contributed by atoms with Crippen LogP contribution in [0.2, 0.25) is 0 Å². The van der Waals surface area contributed by atoms with Crippen LogP contribution in [0, 0.1) is 5.92 Å². The molecule has 0 unspecified atom stereocenters. The summed E-state index contributed by atoms with van der Waals surface area (Å²) >= 11 is 0. The highest BCUT2D eigenvalue weighted by molar-refractivity contribution is 5.86. The molecule has 0 spiro atoms. The Labute approximate surface area is 103 Å². The predicted octanol–water partition coefficient (Wildman–Crippen LogP) is -0.0294. The number of piperidine rings is 1. The van der Waals surface area contributed by atoms with Crippen molar-refractivity contribution < 1.29 is 9.59 Å². The van der Waals surface area contributed by atoms with E-state index in [0.717, 1.165) is 25.9 Å². The van der Waals surface area contributed by atoms with Crippen molar-refractivity contribution in [3.05, 3.63) is 0 Å². The van der Waals surface area contributed by atoms with E-state index in [-0.39, 0.29) is 24.3 Å². The number of nitrogens with one attached hydrogen (secondary N) is 2. The minimum atomic E-state index is -0.00730. The summed E-state index contributed by atoms with van der Waals surface area (Å²) in [5.74, 6) is 0.0121. The van der Waals surface area contributed by atoms with Crippen molar-refractivity contribution >= 4 is 11.8 Å². The lowest BCUT2D eigenvalue weighted by Crippen LogP contribution is -2.45. The fraction of sp³-hybridized carbons (Fsp3) is 0.833. The molecule has 17 heavy (non-hydrogen) atoms. The maximum absolute atomic E-state index is 11.8. The summed E-state index contributed by atoms with van der Waals surface area (Å²) < 4.78 is 0. The van der Waals surface area contributed by atoms with Gasteiger partial charge in [0.05, 0.1) is 12.5 Å². The molecule has 0 aromatic carbocycles. The van der Waals surface area contributed by atoms with Crippen LogP contribution >= 0.6 is 0 Å². The first-order valence-electron chi connectivity index (χ1n) is 6.45. The Kier molecular flexibility index (Phi) is 5.97. The molecule has 5 heteroatoms. The third-order valence-corrected chi connectivity index (χ3v) is 3.20. The molecular weight excluding hydrogens is 218 g/mol. The summed E-state index contributed by atoms with van der Waals surface area (Å²) in [6.07, 6.45) is 1.94. The lowest BCUT2D eigenvalue weighted by Gasteiger charge is -2.23.